The minimum atomic E-state index is 0.189. The van der Waals surface area contributed by atoms with Crippen molar-refractivity contribution >= 4 is 23.2 Å². The van der Waals surface area contributed by atoms with Crippen LogP contribution in [0.4, 0.5) is 0 Å². The maximum atomic E-state index is 6.32. The normalized spacial score (nSPS) is 12.6. The molecule has 2 aromatic rings. The van der Waals surface area contributed by atoms with Gasteiger partial charge in [0, 0.05) is 18.0 Å². The molecule has 1 heterocycles. The van der Waals surface area contributed by atoms with E-state index in [2.05, 4.69) is 19.2 Å². The maximum Gasteiger partial charge on any atom is 0.108 e. The zero-order valence-corrected chi connectivity index (χ0v) is 14.0. The molecule has 1 atom stereocenters. The van der Waals surface area contributed by atoms with Crippen LogP contribution in [0.1, 0.15) is 43.2 Å². The second-order valence-corrected chi connectivity index (χ2v) is 5.86. The van der Waals surface area contributed by atoms with Gasteiger partial charge in [-0.15, -0.1) is 0 Å². The third kappa shape index (κ3) is 4.03. The Bertz CT molecular complexity index is 580. The number of hydrogen-bond donors (Lipinski definition) is 1. The summed E-state index contributed by atoms with van der Waals surface area (Å²) in [7, 11) is 0. The van der Waals surface area contributed by atoms with Gasteiger partial charge in [-0.25, -0.2) is 0 Å². The van der Waals surface area contributed by atoms with E-state index in [0.29, 0.717) is 10.0 Å². The summed E-state index contributed by atoms with van der Waals surface area (Å²) in [6.45, 7) is 5.22. The molecule has 114 valence electrons. The summed E-state index contributed by atoms with van der Waals surface area (Å²) in [5.41, 5.74) is 2.27. The van der Waals surface area contributed by atoms with Gasteiger partial charge in [-0.1, -0.05) is 49.2 Å². The van der Waals surface area contributed by atoms with Gasteiger partial charge < -0.3 is 9.73 Å². The molecule has 1 aromatic carbocycles. The highest BCUT2D eigenvalue weighted by Gasteiger charge is 2.18. The Kier molecular flexibility index (Phi) is 6.16. The fourth-order valence-electron chi connectivity index (χ4n) is 2.49. The molecular weight excluding hydrogens is 305 g/mol. The third-order valence-electron chi connectivity index (χ3n) is 3.57. The van der Waals surface area contributed by atoms with E-state index >= 15 is 0 Å². The van der Waals surface area contributed by atoms with Gasteiger partial charge in [-0.3, -0.25) is 0 Å². The van der Waals surface area contributed by atoms with Gasteiger partial charge in [-0.05, 0) is 37.1 Å². The Labute approximate surface area is 136 Å². The molecule has 0 spiro atoms. The Morgan fingerprint density at radius 2 is 2.00 bits per heavy atom. The van der Waals surface area contributed by atoms with Gasteiger partial charge in [0.15, 0.2) is 0 Å². The molecule has 0 bridgehead atoms. The number of nitrogens with one attached hydrogen (secondary N) is 1. The van der Waals surface area contributed by atoms with E-state index < -0.39 is 0 Å². The van der Waals surface area contributed by atoms with E-state index in [4.69, 9.17) is 27.6 Å². The Hall–Kier alpha value is -0.960. The minimum absolute atomic E-state index is 0.189. The van der Waals surface area contributed by atoms with Crippen LogP contribution >= 0.6 is 23.2 Å². The number of benzene rings is 1. The minimum Gasteiger partial charge on any atom is -0.469 e. The van der Waals surface area contributed by atoms with Gasteiger partial charge >= 0.3 is 0 Å². The van der Waals surface area contributed by atoms with Crippen molar-refractivity contribution in [3.63, 3.8) is 0 Å². The zero-order valence-electron chi connectivity index (χ0n) is 12.5. The summed E-state index contributed by atoms with van der Waals surface area (Å²) in [5, 5.41) is 4.83. The summed E-state index contributed by atoms with van der Waals surface area (Å²) in [6, 6.07) is 8.02. The first-order valence-electron chi connectivity index (χ1n) is 7.39. The smallest absolute Gasteiger partial charge is 0.108 e. The highest BCUT2D eigenvalue weighted by molar-refractivity contribution is 6.42. The van der Waals surface area contributed by atoms with Gasteiger partial charge in [0.2, 0.25) is 0 Å². The lowest BCUT2D eigenvalue weighted by atomic mass is 9.98. The predicted octanol–water partition coefficient (Wildman–Crippen LogP) is 5.43. The van der Waals surface area contributed by atoms with E-state index in [1.54, 1.807) is 6.26 Å². The molecule has 2 rings (SSSR count). The summed E-state index contributed by atoms with van der Waals surface area (Å²) < 4.78 is 5.57. The van der Waals surface area contributed by atoms with Crippen molar-refractivity contribution in [1.29, 1.82) is 0 Å². The Morgan fingerprint density at radius 1 is 1.19 bits per heavy atom. The summed E-state index contributed by atoms with van der Waals surface area (Å²) in [4.78, 5) is 0. The number of aryl methyl sites for hydroxylation is 1. The standard InChI is InChI=1S/C17H21Cl2NO/c1-3-9-20-15(13-8-10-21-16(13)4-2)11-12-6-5-7-14(18)17(12)19/h5-8,10,15,20H,3-4,9,11H2,1-2H3. The van der Waals surface area contributed by atoms with Gasteiger partial charge in [-0.2, -0.15) is 0 Å². The van der Waals surface area contributed by atoms with Crippen LogP contribution in [-0.4, -0.2) is 6.54 Å². The van der Waals surface area contributed by atoms with E-state index in [9.17, 15) is 0 Å². The molecule has 1 aromatic heterocycles. The van der Waals surface area contributed by atoms with Crippen molar-refractivity contribution in [3.05, 3.63) is 57.5 Å². The topological polar surface area (TPSA) is 25.2 Å². The Morgan fingerprint density at radius 3 is 2.71 bits per heavy atom. The lowest BCUT2D eigenvalue weighted by Crippen LogP contribution is -2.24. The van der Waals surface area contributed by atoms with Crippen molar-refractivity contribution in [2.24, 2.45) is 0 Å². The summed E-state index contributed by atoms with van der Waals surface area (Å²) in [6.07, 6.45) is 4.52. The molecule has 1 unspecified atom stereocenters. The predicted molar refractivity (Wildman–Crippen MR) is 89.3 cm³/mol. The van der Waals surface area contributed by atoms with Gasteiger partial charge in [0.1, 0.15) is 5.76 Å². The summed E-state index contributed by atoms with van der Waals surface area (Å²) in [5.74, 6) is 1.03. The molecule has 0 aliphatic carbocycles. The highest BCUT2D eigenvalue weighted by Crippen LogP contribution is 2.30. The van der Waals surface area contributed by atoms with Crippen molar-refractivity contribution < 1.29 is 4.42 Å². The second-order valence-electron chi connectivity index (χ2n) is 5.08. The molecule has 2 nitrogen and oxygen atoms in total. The molecule has 0 aliphatic heterocycles. The number of furan rings is 1. The van der Waals surface area contributed by atoms with Crippen LogP contribution in [-0.2, 0) is 12.8 Å². The van der Waals surface area contributed by atoms with Crippen LogP contribution in [0.25, 0.3) is 0 Å². The zero-order chi connectivity index (χ0) is 15.2. The van der Waals surface area contributed by atoms with Crippen LogP contribution in [0.3, 0.4) is 0 Å². The fourth-order valence-corrected chi connectivity index (χ4v) is 2.88. The SMILES string of the molecule is CCCNC(Cc1cccc(Cl)c1Cl)c1ccoc1CC. The van der Waals surface area contributed by atoms with Crippen molar-refractivity contribution in [2.45, 2.75) is 39.2 Å². The van der Waals surface area contributed by atoms with Gasteiger partial charge in [0.05, 0.1) is 16.3 Å². The molecule has 0 saturated carbocycles. The molecule has 1 N–H and O–H groups in total. The number of rotatable bonds is 7. The average molecular weight is 326 g/mol. The third-order valence-corrected chi connectivity index (χ3v) is 4.43. The average Bonchev–Trinajstić information content (AvgIpc) is 2.96. The molecule has 4 heteroatoms. The maximum absolute atomic E-state index is 6.32. The summed E-state index contributed by atoms with van der Waals surface area (Å²) >= 11 is 12.4. The molecule has 0 radical (unpaired) electrons. The lowest BCUT2D eigenvalue weighted by molar-refractivity contribution is 0.481. The molecule has 0 fully saturated rings. The van der Waals surface area contributed by atoms with E-state index in [1.807, 2.05) is 24.3 Å². The first-order chi connectivity index (χ1) is 10.2. The lowest BCUT2D eigenvalue weighted by Gasteiger charge is -2.19. The largest absolute Gasteiger partial charge is 0.469 e. The molecule has 0 saturated heterocycles. The number of hydrogen-bond acceptors (Lipinski definition) is 2. The van der Waals surface area contributed by atoms with Gasteiger partial charge in [0.25, 0.3) is 0 Å². The molecule has 0 amide bonds. The van der Waals surface area contributed by atoms with Crippen LogP contribution in [0, 0.1) is 0 Å². The molecule has 21 heavy (non-hydrogen) atoms. The van der Waals surface area contributed by atoms with E-state index in [-0.39, 0.29) is 6.04 Å². The number of halogens is 2. The highest BCUT2D eigenvalue weighted by atomic mass is 35.5. The molecule has 0 aliphatic rings. The van der Waals surface area contributed by atoms with Crippen molar-refractivity contribution in [2.75, 3.05) is 6.54 Å². The van der Waals surface area contributed by atoms with Crippen LogP contribution in [0.5, 0.6) is 0 Å². The molecular formula is C17H21Cl2NO. The monoisotopic (exact) mass is 325 g/mol. The first kappa shape index (κ1) is 16.4. The second kappa shape index (κ2) is 7.88. The van der Waals surface area contributed by atoms with Crippen molar-refractivity contribution in [3.8, 4) is 0 Å². The fraction of sp³-hybridized carbons (Fsp3) is 0.412. The van der Waals surface area contributed by atoms with Crippen molar-refractivity contribution in [1.82, 2.24) is 5.32 Å². The Balaban J connectivity index is 2.26. The van der Waals surface area contributed by atoms with E-state index in [1.165, 1.54) is 5.56 Å². The van der Waals surface area contributed by atoms with Crippen LogP contribution in [0.15, 0.2) is 34.9 Å². The van der Waals surface area contributed by atoms with Crippen LogP contribution in [0.2, 0.25) is 10.0 Å². The first-order valence-corrected chi connectivity index (χ1v) is 8.15. The van der Waals surface area contributed by atoms with E-state index in [0.717, 1.165) is 37.1 Å². The van der Waals surface area contributed by atoms with Crippen LogP contribution < -0.4 is 5.32 Å². The quantitative estimate of drug-likeness (QED) is 0.734.